The number of esters is 1. The molecule has 0 spiro atoms. The zero-order valence-electron chi connectivity index (χ0n) is 12.3. The van der Waals surface area contributed by atoms with E-state index in [9.17, 15) is 4.79 Å². The van der Waals surface area contributed by atoms with E-state index in [1.807, 2.05) is 0 Å². The second-order valence-corrected chi connectivity index (χ2v) is 6.23. The van der Waals surface area contributed by atoms with Gasteiger partial charge in [-0.25, -0.2) is 0 Å². The third kappa shape index (κ3) is 4.58. The maximum absolute atomic E-state index is 11.4. The zero-order chi connectivity index (χ0) is 13.8. The summed E-state index contributed by atoms with van der Waals surface area (Å²) < 4.78 is 10.6. The molecular weight excluding hydrogens is 230 g/mol. The number of methoxy groups -OCH3 is 1. The fraction of sp³-hybridized carbons (Fsp3) is 0.929. The Morgan fingerprint density at radius 1 is 1.44 bits per heavy atom. The first kappa shape index (κ1) is 15.4. The monoisotopic (exact) mass is 257 g/mol. The summed E-state index contributed by atoms with van der Waals surface area (Å²) in [6.45, 7) is 7.23. The molecule has 3 unspecified atom stereocenters. The van der Waals surface area contributed by atoms with Crippen LogP contribution in [-0.4, -0.2) is 38.9 Å². The third-order valence-electron chi connectivity index (χ3n) is 3.68. The maximum atomic E-state index is 11.4. The summed E-state index contributed by atoms with van der Waals surface area (Å²) >= 11 is 0. The minimum atomic E-state index is -0.365. The van der Waals surface area contributed by atoms with Gasteiger partial charge in [0.05, 0.1) is 19.8 Å². The Balaban J connectivity index is 2.44. The Morgan fingerprint density at radius 3 is 2.61 bits per heavy atom. The van der Waals surface area contributed by atoms with Gasteiger partial charge in [-0.1, -0.05) is 20.8 Å². The molecule has 0 aromatic rings. The lowest BCUT2D eigenvalue weighted by Crippen LogP contribution is -2.42. The van der Waals surface area contributed by atoms with Crippen LogP contribution < -0.4 is 5.32 Å². The van der Waals surface area contributed by atoms with Gasteiger partial charge in [-0.05, 0) is 37.6 Å². The van der Waals surface area contributed by atoms with Crippen molar-refractivity contribution in [1.29, 1.82) is 0 Å². The quantitative estimate of drug-likeness (QED) is 0.765. The predicted molar refractivity (Wildman–Crippen MR) is 71.4 cm³/mol. The number of nitrogens with one attached hydrogen (secondary N) is 1. The fourth-order valence-corrected chi connectivity index (χ4v) is 3.03. The Morgan fingerprint density at radius 2 is 2.11 bits per heavy atom. The topological polar surface area (TPSA) is 47.6 Å². The van der Waals surface area contributed by atoms with Gasteiger partial charge in [0.25, 0.3) is 0 Å². The molecule has 106 valence electrons. The molecule has 1 fully saturated rings. The van der Waals surface area contributed by atoms with Gasteiger partial charge in [-0.15, -0.1) is 0 Å². The molecule has 18 heavy (non-hydrogen) atoms. The Bertz CT molecular complexity index is 278. The Labute approximate surface area is 110 Å². The van der Waals surface area contributed by atoms with Crippen molar-refractivity contribution in [3.63, 3.8) is 0 Å². The summed E-state index contributed by atoms with van der Waals surface area (Å²) in [6, 6.07) is -0.365. The van der Waals surface area contributed by atoms with E-state index < -0.39 is 0 Å². The average Bonchev–Trinajstić information content (AvgIpc) is 2.26. The van der Waals surface area contributed by atoms with Crippen molar-refractivity contribution in [3.05, 3.63) is 0 Å². The van der Waals surface area contributed by atoms with Crippen LogP contribution in [0.3, 0.4) is 0 Å². The molecule has 0 amide bonds. The summed E-state index contributed by atoms with van der Waals surface area (Å²) in [5.74, 6) is 0.422. The normalized spacial score (nSPS) is 28.7. The van der Waals surface area contributed by atoms with Crippen LogP contribution in [0.15, 0.2) is 0 Å². The molecule has 4 nitrogen and oxygen atoms in total. The highest BCUT2D eigenvalue weighted by Gasteiger charge is 2.33. The van der Waals surface area contributed by atoms with Gasteiger partial charge < -0.3 is 14.8 Å². The van der Waals surface area contributed by atoms with Crippen molar-refractivity contribution in [1.82, 2.24) is 5.32 Å². The summed E-state index contributed by atoms with van der Waals surface area (Å²) in [5.41, 5.74) is 0.336. The highest BCUT2D eigenvalue weighted by molar-refractivity contribution is 5.75. The molecule has 0 bridgehead atoms. The van der Waals surface area contributed by atoms with E-state index in [1.165, 1.54) is 13.5 Å². The molecular formula is C14H27NO3. The van der Waals surface area contributed by atoms with E-state index in [0.29, 0.717) is 17.9 Å². The van der Waals surface area contributed by atoms with E-state index in [0.717, 1.165) is 12.8 Å². The van der Waals surface area contributed by atoms with Crippen LogP contribution in [0.1, 0.15) is 40.0 Å². The molecule has 0 aromatic carbocycles. The van der Waals surface area contributed by atoms with E-state index >= 15 is 0 Å². The van der Waals surface area contributed by atoms with Crippen molar-refractivity contribution < 1.29 is 14.3 Å². The summed E-state index contributed by atoms with van der Waals surface area (Å²) in [4.78, 5) is 11.4. The van der Waals surface area contributed by atoms with Crippen molar-refractivity contribution in [2.75, 3.05) is 20.8 Å². The summed E-state index contributed by atoms with van der Waals surface area (Å²) in [7, 11) is 3.15. The lowest BCUT2D eigenvalue weighted by atomic mass is 9.71. The van der Waals surface area contributed by atoms with Crippen LogP contribution in [0.25, 0.3) is 0 Å². The van der Waals surface area contributed by atoms with Gasteiger partial charge >= 0.3 is 5.97 Å². The minimum absolute atomic E-state index is 0.254. The van der Waals surface area contributed by atoms with Gasteiger partial charge in [-0.3, -0.25) is 4.79 Å². The molecule has 1 N–H and O–H groups in total. The molecule has 0 aromatic heterocycles. The number of ether oxygens (including phenoxy) is 2. The standard InChI is InChI=1S/C14H27NO3/c1-10-6-11(8-14(2,3)7-10)18-9-12(15-4)13(16)17-5/h10-12,15H,6-9H2,1-5H3. The molecule has 1 aliphatic rings. The van der Waals surface area contributed by atoms with Gasteiger partial charge in [-0.2, -0.15) is 0 Å². The average molecular weight is 257 g/mol. The van der Waals surface area contributed by atoms with Crippen LogP contribution in [0, 0.1) is 11.3 Å². The smallest absolute Gasteiger partial charge is 0.325 e. The molecule has 4 heteroatoms. The van der Waals surface area contributed by atoms with Gasteiger partial charge in [0, 0.05) is 0 Å². The molecule has 0 saturated heterocycles. The van der Waals surface area contributed by atoms with Gasteiger partial charge in [0.2, 0.25) is 0 Å². The van der Waals surface area contributed by atoms with Crippen molar-refractivity contribution in [2.45, 2.75) is 52.2 Å². The molecule has 1 saturated carbocycles. The molecule has 0 radical (unpaired) electrons. The Kier molecular flexibility index (Phi) is 5.60. The first-order valence-electron chi connectivity index (χ1n) is 6.74. The van der Waals surface area contributed by atoms with E-state index in [2.05, 4.69) is 26.1 Å². The molecule has 0 aliphatic heterocycles. The first-order valence-corrected chi connectivity index (χ1v) is 6.74. The van der Waals surface area contributed by atoms with E-state index in [-0.39, 0.29) is 18.1 Å². The predicted octanol–water partition coefficient (Wildman–Crippen LogP) is 1.98. The first-order chi connectivity index (χ1) is 8.38. The van der Waals surface area contributed by atoms with Crippen LogP contribution in [-0.2, 0) is 14.3 Å². The summed E-state index contributed by atoms with van der Waals surface area (Å²) in [5, 5.41) is 2.92. The van der Waals surface area contributed by atoms with Crippen LogP contribution in [0.2, 0.25) is 0 Å². The zero-order valence-corrected chi connectivity index (χ0v) is 12.3. The molecule has 1 aliphatic carbocycles. The largest absolute Gasteiger partial charge is 0.468 e. The number of hydrogen-bond acceptors (Lipinski definition) is 4. The number of rotatable bonds is 5. The number of carbonyl (C=O) groups excluding carboxylic acids is 1. The summed E-state index contributed by atoms with van der Waals surface area (Å²) in [6.07, 6.45) is 3.65. The van der Waals surface area contributed by atoms with Crippen LogP contribution in [0.4, 0.5) is 0 Å². The molecule has 3 atom stereocenters. The van der Waals surface area contributed by atoms with Crippen LogP contribution in [0.5, 0.6) is 0 Å². The maximum Gasteiger partial charge on any atom is 0.325 e. The van der Waals surface area contributed by atoms with E-state index in [4.69, 9.17) is 9.47 Å². The third-order valence-corrected chi connectivity index (χ3v) is 3.68. The van der Waals surface area contributed by atoms with Gasteiger partial charge in [0.1, 0.15) is 6.04 Å². The molecule has 0 heterocycles. The number of hydrogen-bond donors (Lipinski definition) is 1. The molecule has 1 rings (SSSR count). The van der Waals surface area contributed by atoms with Gasteiger partial charge in [0.15, 0.2) is 0 Å². The minimum Gasteiger partial charge on any atom is -0.468 e. The fourth-order valence-electron chi connectivity index (χ4n) is 3.03. The van der Waals surface area contributed by atoms with Crippen molar-refractivity contribution in [2.24, 2.45) is 11.3 Å². The lowest BCUT2D eigenvalue weighted by molar-refractivity contribution is -0.145. The van der Waals surface area contributed by atoms with Crippen LogP contribution >= 0.6 is 0 Å². The van der Waals surface area contributed by atoms with Crippen molar-refractivity contribution >= 4 is 5.97 Å². The van der Waals surface area contributed by atoms with Crippen molar-refractivity contribution in [3.8, 4) is 0 Å². The Hall–Kier alpha value is -0.610. The number of likely N-dealkylation sites (N-methyl/N-ethyl adjacent to an activating group) is 1. The SMILES string of the molecule is CNC(COC1CC(C)CC(C)(C)C1)C(=O)OC. The highest BCUT2D eigenvalue weighted by Crippen LogP contribution is 2.39. The second kappa shape index (κ2) is 6.53. The lowest BCUT2D eigenvalue weighted by Gasteiger charge is -2.39. The highest BCUT2D eigenvalue weighted by atomic mass is 16.5. The number of carbonyl (C=O) groups is 1. The van der Waals surface area contributed by atoms with E-state index in [1.54, 1.807) is 7.05 Å². The second-order valence-electron chi connectivity index (χ2n) is 6.23.